The number of hydrogen-bond donors (Lipinski definition) is 2. The molecule has 0 aromatic heterocycles. The maximum atomic E-state index is 12.2. The maximum Gasteiger partial charge on any atom is 0.407 e. The number of rotatable bonds is 1. The molecule has 6 heteroatoms. The molecule has 2 nitrogen and oxygen atoms in total. The molecule has 1 aromatic carbocycles. The van der Waals surface area contributed by atoms with Gasteiger partial charge in [-0.3, -0.25) is 0 Å². The largest absolute Gasteiger partial charge is 0.506 e. The minimum atomic E-state index is -4.57. The summed E-state index contributed by atoms with van der Waals surface area (Å²) in [6.45, 7) is 0. The second-order valence-electron chi connectivity index (χ2n) is 2.70. The smallest absolute Gasteiger partial charge is 0.407 e. The third-order valence-corrected chi connectivity index (χ3v) is 2.11. The molecule has 1 unspecified atom stereocenters. The van der Waals surface area contributed by atoms with Gasteiger partial charge < -0.3 is 10.8 Å². The first-order valence-electron chi connectivity index (χ1n) is 3.63. The summed E-state index contributed by atoms with van der Waals surface area (Å²) in [6, 6.07) is 1.39. The number of alkyl halides is 3. The fourth-order valence-corrected chi connectivity index (χ4v) is 1.20. The van der Waals surface area contributed by atoms with Crippen LogP contribution >= 0.6 is 11.6 Å². The average molecular weight is 226 g/mol. The van der Waals surface area contributed by atoms with E-state index in [4.69, 9.17) is 22.4 Å². The molecule has 0 spiro atoms. The summed E-state index contributed by atoms with van der Waals surface area (Å²) in [5.41, 5.74) is 4.59. The summed E-state index contributed by atoms with van der Waals surface area (Å²) >= 11 is 5.46. The number of halogens is 4. The highest BCUT2D eigenvalue weighted by Gasteiger charge is 2.39. The molecule has 1 aromatic rings. The Bertz CT molecular complexity index is 340. The van der Waals surface area contributed by atoms with E-state index in [-0.39, 0.29) is 10.6 Å². The van der Waals surface area contributed by atoms with E-state index in [2.05, 4.69) is 0 Å². The van der Waals surface area contributed by atoms with Gasteiger partial charge in [0.1, 0.15) is 11.8 Å². The van der Waals surface area contributed by atoms with E-state index in [0.29, 0.717) is 0 Å². The van der Waals surface area contributed by atoms with Gasteiger partial charge in [0.2, 0.25) is 0 Å². The van der Waals surface area contributed by atoms with E-state index in [1.54, 1.807) is 0 Å². The van der Waals surface area contributed by atoms with E-state index in [1.807, 2.05) is 0 Å². The average Bonchev–Trinajstić information content (AvgIpc) is 2.07. The first-order chi connectivity index (χ1) is 6.34. The van der Waals surface area contributed by atoms with Crippen molar-refractivity contribution in [2.75, 3.05) is 0 Å². The van der Waals surface area contributed by atoms with Crippen molar-refractivity contribution in [1.82, 2.24) is 0 Å². The lowest BCUT2D eigenvalue weighted by molar-refractivity contribution is -0.149. The van der Waals surface area contributed by atoms with Crippen LogP contribution in [0.3, 0.4) is 0 Å². The van der Waals surface area contributed by atoms with Gasteiger partial charge >= 0.3 is 6.18 Å². The van der Waals surface area contributed by atoms with Gasteiger partial charge in [0.15, 0.2) is 0 Å². The number of hydrogen-bond acceptors (Lipinski definition) is 2. The van der Waals surface area contributed by atoms with E-state index in [0.717, 1.165) is 6.07 Å². The second-order valence-corrected chi connectivity index (χ2v) is 3.08. The topological polar surface area (TPSA) is 46.2 Å². The number of aromatic hydroxyl groups is 1. The number of phenols is 1. The van der Waals surface area contributed by atoms with Crippen LogP contribution in [0.4, 0.5) is 13.2 Å². The van der Waals surface area contributed by atoms with Crippen LogP contribution in [0.2, 0.25) is 5.02 Å². The molecule has 3 N–H and O–H groups in total. The molecule has 0 amide bonds. The zero-order valence-corrected chi connectivity index (χ0v) is 7.60. The van der Waals surface area contributed by atoms with Crippen LogP contribution < -0.4 is 5.73 Å². The molecule has 0 saturated heterocycles. The predicted octanol–water partition coefficient (Wildman–Crippen LogP) is 2.61. The van der Waals surface area contributed by atoms with Crippen LogP contribution in [0.15, 0.2) is 18.2 Å². The molecule has 0 aliphatic heterocycles. The molecule has 0 heterocycles. The lowest BCUT2D eigenvalue weighted by Gasteiger charge is -2.17. The highest BCUT2D eigenvalue weighted by Crippen LogP contribution is 2.37. The summed E-state index contributed by atoms with van der Waals surface area (Å²) in [6.07, 6.45) is -4.57. The van der Waals surface area contributed by atoms with Gasteiger partial charge in [0.25, 0.3) is 0 Å². The molecule has 0 aliphatic rings. The fourth-order valence-electron chi connectivity index (χ4n) is 0.954. The first-order valence-corrected chi connectivity index (χ1v) is 4.01. The molecule has 0 aliphatic carbocycles. The van der Waals surface area contributed by atoms with Crippen LogP contribution in [0.1, 0.15) is 11.6 Å². The van der Waals surface area contributed by atoms with Crippen molar-refractivity contribution in [3.63, 3.8) is 0 Å². The Morgan fingerprint density at radius 2 is 1.93 bits per heavy atom. The van der Waals surface area contributed by atoms with E-state index in [9.17, 15) is 13.2 Å². The van der Waals surface area contributed by atoms with Gasteiger partial charge in [-0.2, -0.15) is 13.2 Å². The van der Waals surface area contributed by atoms with Gasteiger partial charge in [-0.05, 0) is 6.07 Å². The molecule has 78 valence electrons. The third kappa shape index (κ3) is 2.10. The Kier molecular flexibility index (Phi) is 2.92. The Balaban J connectivity index is 3.14. The molecule has 0 saturated carbocycles. The second kappa shape index (κ2) is 3.67. The number of phenolic OH excluding ortho intramolecular Hbond substituents is 1. The number of benzene rings is 1. The van der Waals surface area contributed by atoms with E-state index in [1.165, 1.54) is 12.1 Å². The summed E-state index contributed by atoms with van der Waals surface area (Å²) in [7, 11) is 0. The molecule has 0 radical (unpaired) electrons. The molecular weight excluding hydrogens is 219 g/mol. The van der Waals surface area contributed by atoms with Crippen molar-refractivity contribution >= 4 is 11.6 Å². The van der Waals surface area contributed by atoms with Gasteiger partial charge in [-0.15, -0.1) is 0 Å². The lowest BCUT2D eigenvalue weighted by Crippen LogP contribution is -2.28. The Hall–Kier alpha value is -0.940. The first kappa shape index (κ1) is 11.1. The van der Waals surface area contributed by atoms with Crippen molar-refractivity contribution in [3.05, 3.63) is 28.8 Å². The highest BCUT2D eigenvalue weighted by atomic mass is 35.5. The van der Waals surface area contributed by atoms with Gasteiger partial charge in [-0.25, -0.2) is 0 Å². The third-order valence-electron chi connectivity index (χ3n) is 1.70. The predicted molar refractivity (Wildman–Crippen MR) is 46.1 cm³/mol. The van der Waals surface area contributed by atoms with Crippen molar-refractivity contribution < 1.29 is 18.3 Å². The minimum absolute atomic E-state index is 0.334. The van der Waals surface area contributed by atoms with Crippen molar-refractivity contribution in [3.8, 4) is 5.75 Å². The zero-order valence-electron chi connectivity index (χ0n) is 6.85. The van der Waals surface area contributed by atoms with Gasteiger partial charge in [0, 0.05) is 5.56 Å². The maximum absolute atomic E-state index is 12.2. The molecule has 1 rings (SSSR count). The zero-order chi connectivity index (χ0) is 10.9. The normalized spacial score (nSPS) is 14.1. The summed E-state index contributed by atoms with van der Waals surface area (Å²) < 4.78 is 36.5. The molecule has 0 bridgehead atoms. The van der Waals surface area contributed by atoms with Crippen molar-refractivity contribution in [2.24, 2.45) is 5.73 Å². The molecule has 14 heavy (non-hydrogen) atoms. The van der Waals surface area contributed by atoms with Crippen LogP contribution in [-0.2, 0) is 0 Å². The van der Waals surface area contributed by atoms with Crippen LogP contribution in [0.5, 0.6) is 5.75 Å². The van der Waals surface area contributed by atoms with Crippen molar-refractivity contribution in [2.45, 2.75) is 12.2 Å². The Labute approximate surface area is 83.1 Å². The monoisotopic (exact) mass is 225 g/mol. The van der Waals surface area contributed by atoms with E-state index < -0.39 is 18.0 Å². The standard InChI is InChI=1S/C8H7ClF3NO/c9-6-4(2-1-3-5(6)14)7(13)8(10,11)12/h1-3,7,14H,13H2. The van der Waals surface area contributed by atoms with Gasteiger partial charge in [-0.1, -0.05) is 23.7 Å². The van der Waals surface area contributed by atoms with Crippen LogP contribution in [0.25, 0.3) is 0 Å². The van der Waals surface area contributed by atoms with Gasteiger partial charge in [0.05, 0.1) is 5.02 Å². The summed E-state index contributed by atoms with van der Waals surface area (Å²) in [5.74, 6) is -0.413. The van der Waals surface area contributed by atoms with Crippen molar-refractivity contribution in [1.29, 1.82) is 0 Å². The Morgan fingerprint density at radius 3 is 2.43 bits per heavy atom. The fraction of sp³-hybridized carbons (Fsp3) is 0.250. The van der Waals surface area contributed by atoms with E-state index >= 15 is 0 Å². The molecule has 1 atom stereocenters. The molecular formula is C8H7ClF3NO. The van der Waals surface area contributed by atoms with Crippen LogP contribution in [0, 0.1) is 0 Å². The lowest BCUT2D eigenvalue weighted by atomic mass is 10.1. The quantitative estimate of drug-likeness (QED) is 0.772. The highest BCUT2D eigenvalue weighted by molar-refractivity contribution is 6.32. The summed E-state index contributed by atoms with van der Waals surface area (Å²) in [5, 5.41) is 8.70. The van der Waals surface area contributed by atoms with Crippen LogP contribution in [-0.4, -0.2) is 11.3 Å². The molecule has 0 fully saturated rings. The number of nitrogens with two attached hydrogens (primary N) is 1. The Morgan fingerprint density at radius 1 is 1.36 bits per heavy atom. The SMILES string of the molecule is NC(c1cccc(O)c1Cl)C(F)(F)F. The summed E-state index contributed by atoms with van der Waals surface area (Å²) in [4.78, 5) is 0. The minimum Gasteiger partial charge on any atom is -0.506 e.